The van der Waals surface area contributed by atoms with E-state index in [4.69, 9.17) is 19.7 Å². The fraction of sp³-hybridized carbons (Fsp3) is 0.538. The molecule has 1 aromatic rings. The lowest BCUT2D eigenvalue weighted by atomic mass is 10.2. The summed E-state index contributed by atoms with van der Waals surface area (Å²) in [5.74, 6) is -1.68. The molecule has 0 radical (unpaired) electrons. The van der Waals surface area contributed by atoms with Crippen molar-refractivity contribution in [3.05, 3.63) is 35.9 Å². The van der Waals surface area contributed by atoms with Gasteiger partial charge in [-0.3, -0.25) is 0 Å². The van der Waals surface area contributed by atoms with Crippen LogP contribution in [0.15, 0.2) is 30.3 Å². The minimum Gasteiger partial charge on any atom is -0.366 e. The van der Waals surface area contributed by atoms with Crippen molar-refractivity contribution in [2.75, 3.05) is 6.61 Å². The number of aliphatic hydroxyl groups is 2. The molecular formula is C13H20O4. The van der Waals surface area contributed by atoms with E-state index in [0.29, 0.717) is 6.61 Å². The van der Waals surface area contributed by atoms with Gasteiger partial charge in [-0.1, -0.05) is 30.3 Å². The molecule has 0 bridgehead atoms. The Morgan fingerprint density at radius 2 is 1.82 bits per heavy atom. The Labute approximate surface area is 102 Å². The van der Waals surface area contributed by atoms with Crippen LogP contribution in [0.2, 0.25) is 0 Å². The van der Waals surface area contributed by atoms with E-state index in [9.17, 15) is 0 Å². The van der Waals surface area contributed by atoms with Crippen LogP contribution in [-0.4, -0.2) is 28.9 Å². The lowest BCUT2D eigenvalue weighted by Crippen LogP contribution is -2.26. The summed E-state index contributed by atoms with van der Waals surface area (Å²) >= 11 is 0. The molecule has 0 amide bonds. The normalized spacial score (nSPS) is 13.6. The molecule has 2 N–H and O–H groups in total. The average Bonchev–Trinajstić information content (AvgIpc) is 2.26. The van der Waals surface area contributed by atoms with E-state index in [2.05, 4.69) is 0 Å². The molecule has 0 heterocycles. The van der Waals surface area contributed by atoms with Gasteiger partial charge in [-0.2, -0.15) is 0 Å². The van der Waals surface area contributed by atoms with Crippen molar-refractivity contribution in [1.29, 1.82) is 0 Å². The van der Waals surface area contributed by atoms with Crippen molar-refractivity contribution < 1.29 is 19.7 Å². The molecule has 4 heteroatoms. The average molecular weight is 240 g/mol. The monoisotopic (exact) mass is 240 g/mol. The summed E-state index contributed by atoms with van der Waals surface area (Å²) in [4.78, 5) is 0. The van der Waals surface area contributed by atoms with Crippen LogP contribution in [0.3, 0.4) is 0 Å². The Morgan fingerprint density at radius 3 is 2.41 bits per heavy atom. The first-order valence-corrected chi connectivity index (χ1v) is 5.69. The second kappa shape index (κ2) is 6.71. The molecule has 0 saturated carbocycles. The van der Waals surface area contributed by atoms with E-state index in [1.165, 1.54) is 6.92 Å². The molecule has 0 fully saturated rings. The van der Waals surface area contributed by atoms with Gasteiger partial charge in [0.1, 0.15) is 0 Å². The van der Waals surface area contributed by atoms with Crippen molar-refractivity contribution in [3.63, 3.8) is 0 Å². The van der Waals surface area contributed by atoms with Gasteiger partial charge in [-0.05, 0) is 19.4 Å². The van der Waals surface area contributed by atoms with E-state index in [1.54, 1.807) is 6.92 Å². The maximum Gasteiger partial charge on any atom is 0.161 e. The molecule has 1 atom stereocenters. The third-order valence-corrected chi connectivity index (χ3v) is 2.26. The maximum atomic E-state index is 9.07. The predicted molar refractivity (Wildman–Crippen MR) is 64.1 cm³/mol. The highest BCUT2D eigenvalue weighted by atomic mass is 16.7. The van der Waals surface area contributed by atoms with Crippen LogP contribution >= 0.6 is 0 Å². The van der Waals surface area contributed by atoms with E-state index in [1.807, 2.05) is 30.3 Å². The number of rotatable bonds is 7. The topological polar surface area (TPSA) is 58.9 Å². The van der Waals surface area contributed by atoms with Crippen molar-refractivity contribution >= 4 is 0 Å². The molecule has 17 heavy (non-hydrogen) atoms. The minimum absolute atomic E-state index is 0.159. The highest BCUT2D eigenvalue weighted by molar-refractivity contribution is 5.13. The fourth-order valence-electron chi connectivity index (χ4n) is 1.25. The molecule has 1 rings (SSSR count). The lowest BCUT2D eigenvalue weighted by molar-refractivity contribution is -0.184. The van der Waals surface area contributed by atoms with Gasteiger partial charge in [0.15, 0.2) is 12.1 Å². The molecular weight excluding hydrogens is 220 g/mol. The lowest BCUT2D eigenvalue weighted by Gasteiger charge is -2.18. The van der Waals surface area contributed by atoms with Crippen LogP contribution < -0.4 is 0 Å². The Morgan fingerprint density at radius 1 is 1.18 bits per heavy atom. The minimum atomic E-state index is -1.68. The first kappa shape index (κ1) is 14.1. The summed E-state index contributed by atoms with van der Waals surface area (Å²) in [7, 11) is 0. The second-order valence-corrected chi connectivity index (χ2v) is 4.20. The summed E-state index contributed by atoms with van der Waals surface area (Å²) in [6.45, 7) is 3.85. The maximum absolute atomic E-state index is 9.07. The van der Waals surface area contributed by atoms with Crippen LogP contribution in [0.4, 0.5) is 0 Å². The van der Waals surface area contributed by atoms with E-state index >= 15 is 0 Å². The quantitative estimate of drug-likeness (QED) is 0.712. The van der Waals surface area contributed by atoms with Crippen molar-refractivity contribution in [2.45, 2.75) is 39.0 Å². The number of ether oxygens (including phenoxy) is 2. The van der Waals surface area contributed by atoms with Gasteiger partial charge in [-0.15, -0.1) is 0 Å². The summed E-state index contributed by atoms with van der Waals surface area (Å²) < 4.78 is 10.8. The third-order valence-electron chi connectivity index (χ3n) is 2.26. The Balaban J connectivity index is 2.15. The van der Waals surface area contributed by atoms with Gasteiger partial charge < -0.3 is 19.7 Å². The summed E-state index contributed by atoms with van der Waals surface area (Å²) in [6, 6.07) is 9.81. The number of benzene rings is 1. The molecule has 1 unspecified atom stereocenters. The fourth-order valence-corrected chi connectivity index (χ4v) is 1.25. The molecule has 0 aliphatic carbocycles. The smallest absolute Gasteiger partial charge is 0.161 e. The van der Waals surface area contributed by atoms with Gasteiger partial charge in [0, 0.05) is 6.42 Å². The largest absolute Gasteiger partial charge is 0.366 e. The Bertz CT molecular complexity index is 305. The predicted octanol–water partition coefficient (Wildman–Crippen LogP) is 1.66. The molecule has 1 aromatic carbocycles. The standard InChI is InChI=1S/C13H20O4/c1-11(16-9-8-13(2,14)15)17-10-12-6-4-3-5-7-12/h3-7,11,14-15H,8-10H2,1-2H3. The third kappa shape index (κ3) is 7.07. The summed E-state index contributed by atoms with van der Waals surface area (Å²) in [6.07, 6.45) is -0.205. The van der Waals surface area contributed by atoms with Crippen molar-refractivity contribution in [2.24, 2.45) is 0 Å². The van der Waals surface area contributed by atoms with E-state index in [-0.39, 0.29) is 19.3 Å². The molecule has 4 nitrogen and oxygen atoms in total. The Hall–Kier alpha value is -0.940. The van der Waals surface area contributed by atoms with Crippen LogP contribution in [0, 0.1) is 0 Å². The molecule has 0 saturated heterocycles. The van der Waals surface area contributed by atoms with Gasteiger partial charge in [0.05, 0.1) is 13.2 Å². The molecule has 0 aromatic heterocycles. The van der Waals surface area contributed by atoms with Crippen LogP contribution in [0.25, 0.3) is 0 Å². The molecule has 0 spiro atoms. The zero-order valence-corrected chi connectivity index (χ0v) is 10.3. The number of hydrogen-bond donors (Lipinski definition) is 2. The number of hydrogen-bond acceptors (Lipinski definition) is 4. The van der Waals surface area contributed by atoms with Crippen molar-refractivity contribution in [3.8, 4) is 0 Å². The van der Waals surface area contributed by atoms with Gasteiger partial charge in [0.25, 0.3) is 0 Å². The van der Waals surface area contributed by atoms with Gasteiger partial charge in [0.2, 0.25) is 0 Å². The van der Waals surface area contributed by atoms with Crippen LogP contribution in [0.1, 0.15) is 25.8 Å². The zero-order valence-electron chi connectivity index (χ0n) is 10.3. The van der Waals surface area contributed by atoms with E-state index < -0.39 is 5.79 Å². The summed E-state index contributed by atoms with van der Waals surface area (Å²) in [5.41, 5.74) is 1.08. The Kier molecular flexibility index (Phi) is 5.58. The van der Waals surface area contributed by atoms with Crippen LogP contribution in [0.5, 0.6) is 0 Å². The van der Waals surface area contributed by atoms with Crippen molar-refractivity contribution in [1.82, 2.24) is 0 Å². The molecule has 96 valence electrons. The van der Waals surface area contributed by atoms with Crippen LogP contribution in [-0.2, 0) is 16.1 Å². The molecule has 0 aliphatic heterocycles. The van der Waals surface area contributed by atoms with Gasteiger partial charge >= 0.3 is 0 Å². The first-order valence-electron chi connectivity index (χ1n) is 5.69. The highest BCUT2D eigenvalue weighted by Gasteiger charge is 2.15. The second-order valence-electron chi connectivity index (χ2n) is 4.20. The SMILES string of the molecule is CC(OCCC(C)(O)O)OCc1ccccc1. The molecule has 0 aliphatic rings. The highest BCUT2D eigenvalue weighted by Crippen LogP contribution is 2.07. The summed E-state index contributed by atoms with van der Waals surface area (Å²) in [5, 5.41) is 18.1. The zero-order chi connectivity index (χ0) is 12.7. The first-order chi connectivity index (χ1) is 7.97. The van der Waals surface area contributed by atoms with Gasteiger partial charge in [-0.25, -0.2) is 0 Å². The van der Waals surface area contributed by atoms with E-state index in [0.717, 1.165) is 5.56 Å².